The minimum atomic E-state index is -0.463. The van der Waals surface area contributed by atoms with E-state index in [1.54, 1.807) is 24.3 Å². The second kappa shape index (κ2) is 12.6. The van der Waals surface area contributed by atoms with Crippen LogP contribution in [-0.4, -0.2) is 25.0 Å². The van der Waals surface area contributed by atoms with E-state index in [2.05, 4.69) is 49.6 Å². The van der Waals surface area contributed by atoms with Crippen LogP contribution in [0.1, 0.15) is 48.5 Å². The van der Waals surface area contributed by atoms with Crippen molar-refractivity contribution in [3.8, 4) is 11.5 Å². The van der Waals surface area contributed by atoms with Gasteiger partial charge in [-0.2, -0.15) is 0 Å². The van der Waals surface area contributed by atoms with Crippen LogP contribution in [0.3, 0.4) is 0 Å². The van der Waals surface area contributed by atoms with Crippen LogP contribution < -0.4 is 20.3 Å². The third-order valence-corrected chi connectivity index (χ3v) is 5.77. The second-order valence-corrected chi connectivity index (χ2v) is 8.46. The van der Waals surface area contributed by atoms with Crippen molar-refractivity contribution in [2.24, 2.45) is 0 Å². The molecule has 0 bridgehead atoms. The molecule has 2 rings (SSSR count). The first-order valence-electron chi connectivity index (χ1n) is 9.81. The van der Waals surface area contributed by atoms with E-state index < -0.39 is 11.8 Å². The molecule has 0 aliphatic carbocycles. The van der Waals surface area contributed by atoms with Crippen LogP contribution >= 0.6 is 31.9 Å². The Balaban J connectivity index is 1.77. The van der Waals surface area contributed by atoms with Crippen LogP contribution in [0.2, 0.25) is 0 Å². The number of hydrogen-bond acceptors (Lipinski definition) is 4. The van der Waals surface area contributed by atoms with Gasteiger partial charge in [-0.15, -0.1) is 0 Å². The van der Waals surface area contributed by atoms with Gasteiger partial charge >= 0.3 is 0 Å². The lowest BCUT2D eigenvalue weighted by Crippen LogP contribution is -2.43. The smallest absolute Gasteiger partial charge is 0.276 e. The van der Waals surface area contributed by atoms with E-state index in [1.165, 1.54) is 12.8 Å². The van der Waals surface area contributed by atoms with Crippen LogP contribution in [0.5, 0.6) is 11.5 Å². The van der Waals surface area contributed by atoms with E-state index in [1.807, 2.05) is 19.1 Å². The molecule has 2 amide bonds. The molecule has 0 spiro atoms. The number of halogens is 2. The molecule has 0 saturated carbocycles. The Hall–Kier alpha value is -2.06. The number of hydrazine groups is 1. The van der Waals surface area contributed by atoms with Crippen LogP contribution in [0.25, 0.3) is 0 Å². The van der Waals surface area contributed by atoms with Crippen molar-refractivity contribution in [1.29, 1.82) is 0 Å². The maximum atomic E-state index is 12.3. The maximum Gasteiger partial charge on any atom is 0.276 e. The maximum absolute atomic E-state index is 12.3. The number of ether oxygens (including phenoxy) is 2. The highest BCUT2D eigenvalue weighted by Gasteiger charge is 2.11. The van der Waals surface area contributed by atoms with Crippen molar-refractivity contribution < 1.29 is 19.1 Å². The zero-order valence-electron chi connectivity index (χ0n) is 17.1. The van der Waals surface area contributed by atoms with E-state index in [4.69, 9.17) is 9.47 Å². The number of benzene rings is 2. The molecule has 0 fully saturated rings. The van der Waals surface area contributed by atoms with Gasteiger partial charge in [0.05, 0.1) is 11.1 Å². The lowest BCUT2D eigenvalue weighted by Gasteiger charge is -2.11. The van der Waals surface area contributed by atoms with E-state index in [0.717, 1.165) is 22.9 Å². The van der Waals surface area contributed by atoms with Crippen molar-refractivity contribution in [2.75, 3.05) is 13.2 Å². The average molecular weight is 542 g/mol. The molecule has 0 atom stereocenters. The third kappa shape index (κ3) is 7.99. The van der Waals surface area contributed by atoms with Crippen molar-refractivity contribution in [3.63, 3.8) is 0 Å². The zero-order chi connectivity index (χ0) is 21.9. The fourth-order valence-electron chi connectivity index (χ4n) is 2.56. The van der Waals surface area contributed by atoms with Gasteiger partial charge in [0, 0.05) is 10.0 Å². The number of unbranched alkanes of at least 4 members (excludes halogenated alkanes) is 3. The summed E-state index contributed by atoms with van der Waals surface area (Å²) in [5.74, 6) is 0.365. The molecule has 2 aromatic carbocycles. The number of amides is 2. The van der Waals surface area contributed by atoms with Gasteiger partial charge < -0.3 is 9.47 Å². The Kier molecular flexibility index (Phi) is 10.2. The molecule has 30 heavy (non-hydrogen) atoms. The van der Waals surface area contributed by atoms with Crippen molar-refractivity contribution >= 4 is 43.7 Å². The summed E-state index contributed by atoms with van der Waals surface area (Å²) in [6.45, 7) is 4.52. The van der Waals surface area contributed by atoms with Crippen LogP contribution in [0.4, 0.5) is 0 Å². The Morgan fingerprint density at radius 1 is 0.933 bits per heavy atom. The van der Waals surface area contributed by atoms with E-state index in [0.29, 0.717) is 28.1 Å². The normalized spacial score (nSPS) is 10.4. The third-order valence-electron chi connectivity index (χ3n) is 4.26. The summed E-state index contributed by atoms with van der Waals surface area (Å²) in [5.41, 5.74) is 6.12. The molecular formula is C22H26Br2N2O4. The summed E-state index contributed by atoms with van der Waals surface area (Å²) in [7, 11) is 0. The molecule has 0 radical (unpaired) electrons. The van der Waals surface area contributed by atoms with Gasteiger partial charge in [-0.1, -0.05) is 42.1 Å². The van der Waals surface area contributed by atoms with Crippen molar-refractivity contribution in [2.45, 2.75) is 39.5 Å². The number of nitrogens with one attached hydrogen (secondary N) is 2. The molecule has 162 valence electrons. The zero-order valence-corrected chi connectivity index (χ0v) is 20.3. The standard InChI is InChI=1S/C22H26Br2N2O4/c1-3-4-5-6-11-29-20-10-7-16(13-19(20)24)22(28)26-25-21(27)14-30-17-8-9-18(23)15(2)12-17/h7-10,12-13H,3-6,11,14H2,1-2H3,(H,25,27)(H,26,28). The van der Waals surface area contributed by atoms with Crippen LogP contribution in [0, 0.1) is 6.92 Å². The lowest BCUT2D eigenvalue weighted by atomic mass is 10.2. The van der Waals surface area contributed by atoms with Gasteiger partial charge in [0.15, 0.2) is 6.61 Å². The van der Waals surface area contributed by atoms with Gasteiger partial charge in [-0.05, 0) is 71.2 Å². The Morgan fingerprint density at radius 2 is 1.73 bits per heavy atom. The predicted molar refractivity (Wildman–Crippen MR) is 124 cm³/mol. The Labute approximate surface area is 193 Å². The predicted octanol–water partition coefficient (Wildman–Crippen LogP) is 5.32. The molecule has 0 aromatic heterocycles. The summed E-state index contributed by atoms with van der Waals surface area (Å²) >= 11 is 6.83. The number of rotatable bonds is 10. The average Bonchev–Trinajstić information content (AvgIpc) is 2.73. The lowest BCUT2D eigenvalue weighted by molar-refractivity contribution is -0.123. The molecule has 2 aromatic rings. The fourth-order valence-corrected chi connectivity index (χ4v) is 3.30. The molecule has 0 aliphatic rings. The molecule has 0 aliphatic heterocycles. The molecule has 6 nitrogen and oxygen atoms in total. The minimum absolute atomic E-state index is 0.212. The number of aryl methyl sites for hydroxylation is 1. The molecule has 0 unspecified atom stereocenters. The number of carbonyl (C=O) groups excluding carboxylic acids is 2. The highest BCUT2D eigenvalue weighted by Crippen LogP contribution is 2.26. The first-order chi connectivity index (χ1) is 14.4. The van der Waals surface area contributed by atoms with E-state index >= 15 is 0 Å². The van der Waals surface area contributed by atoms with E-state index in [-0.39, 0.29) is 6.61 Å². The van der Waals surface area contributed by atoms with Gasteiger partial charge in [0.2, 0.25) is 0 Å². The van der Waals surface area contributed by atoms with Crippen molar-refractivity contribution in [1.82, 2.24) is 10.9 Å². The summed E-state index contributed by atoms with van der Waals surface area (Å²) in [4.78, 5) is 24.2. The van der Waals surface area contributed by atoms with Gasteiger partial charge in [-0.3, -0.25) is 20.4 Å². The highest BCUT2D eigenvalue weighted by molar-refractivity contribution is 9.10. The van der Waals surface area contributed by atoms with Crippen LogP contribution in [-0.2, 0) is 4.79 Å². The molecule has 0 saturated heterocycles. The number of hydrogen-bond donors (Lipinski definition) is 2. The van der Waals surface area contributed by atoms with Gasteiger partial charge in [-0.25, -0.2) is 0 Å². The first kappa shape index (κ1) is 24.2. The van der Waals surface area contributed by atoms with Crippen LogP contribution in [0.15, 0.2) is 45.3 Å². The first-order valence-corrected chi connectivity index (χ1v) is 11.4. The van der Waals surface area contributed by atoms with E-state index in [9.17, 15) is 9.59 Å². The largest absolute Gasteiger partial charge is 0.492 e. The Morgan fingerprint density at radius 3 is 2.43 bits per heavy atom. The fraction of sp³-hybridized carbons (Fsp3) is 0.364. The molecule has 8 heteroatoms. The summed E-state index contributed by atoms with van der Waals surface area (Å²) in [6, 6.07) is 10.5. The summed E-state index contributed by atoms with van der Waals surface area (Å²) in [5, 5.41) is 0. The highest BCUT2D eigenvalue weighted by atomic mass is 79.9. The topological polar surface area (TPSA) is 76.7 Å². The van der Waals surface area contributed by atoms with Gasteiger partial charge in [0.1, 0.15) is 11.5 Å². The molecule has 0 heterocycles. The molecule has 2 N–H and O–H groups in total. The van der Waals surface area contributed by atoms with Gasteiger partial charge in [0.25, 0.3) is 11.8 Å². The number of carbonyl (C=O) groups is 2. The van der Waals surface area contributed by atoms with Crippen molar-refractivity contribution in [3.05, 3.63) is 56.5 Å². The summed E-state index contributed by atoms with van der Waals surface area (Å²) in [6.07, 6.45) is 4.51. The summed E-state index contributed by atoms with van der Waals surface area (Å²) < 4.78 is 12.8. The Bertz CT molecular complexity index is 874. The second-order valence-electron chi connectivity index (χ2n) is 6.76. The SMILES string of the molecule is CCCCCCOc1ccc(C(=O)NNC(=O)COc2ccc(Br)c(C)c2)cc1Br. The quantitative estimate of drug-likeness (QED) is 0.315. The minimum Gasteiger partial charge on any atom is -0.492 e. The molecular weight excluding hydrogens is 516 g/mol. The monoisotopic (exact) mass is 540 g/mol.